The van der Waals surface area contributed by atoms with Crippen molar-refractivity contribution in [3.8, 4) is 0 Å². The van der Waals surface area contributed by atoms with Crippen molar-refractivity contribution in [2.24, 2.45) is 0 Å². The first kappa shape index (κ1) is 23.5. The average Bonchev–Trinajstić information content (AvgIpc) is 2.80. The standard InChI is InChI=1S/C21H27ClN4O4S/c1-24(19(21(27)30-2)10-8-17-6-4-3-5-7-17)31(28,29)26-14-12-25(13-15-26)20-11-9-18(22)16-23-20/h3-7,9,11,16,19H,8,10,12-15H2,1-2H3/t19-/m0/s1. The number of aryl methyl sites for hydroxylation is 1. The lowest BCUT2D eigenvalue weighted by Gasteiger charge is -2.37. The number of hydrogen-bond donors (Lipinski definition) is 0. The fraction of sp³-hybridized carbons (Fsp3) is 0.429. The minimum atomic E-state index is -3.84. The molecule has 0 spiro atoms. The lowest BCUT2D eigenvalue weighted by molar-refractivity contribution is -0.145. The summed E-state index contributed by atoms with van der Waals surface area (Å²) in [6.45, 7) is 1.58. The van der Waals surface area contributed by atoms with Gasteiger partial charge in [0.05, 0.1) is 12.1 Å². The smallest absolute Gasteiger partial charge is 0.324 e. The second-order valence-corrected chi connectivity index (χ2v) is 9.73. The Labute approximate surface area is 188 Å². The molecule has 3 rings (SSSR count). The van der Waals surface area contributed by atoms with Gasteiger partial charge in [0.25, 0.3) is 10.2 Å². The molecule has 31 heavy (non-hydrogen) atoms. The predicted octanol–water partition coefficient (Wildman–Crippen LogP) is 2.21. The largest absolute Gasteiger partial charge is 0.468 e. The van der Waals surface area contributed by atoms with Crippen LogP contribution in [0.3, 0.4) is 0 Å². The van der Waals surface area contributed by atoms with Gasteiger partial charge in [0.1, 0.15) is 11.9 Å². The Morgan fingerprint density at radius 1 is 1.16 bits per heavy atom. The van der Waals surface area contributed by atoms with E-state index in [4.69, 9.17) is 16.3 Å². The van der Waals surface area contributed by atoms with Crippen molar-refractivity contribution in [3.63, 3.8) is 0 Å². The van der Waals surface area contributed by atoms with Crippen molar-refractivity contribution >= 4 is 33.6 Å². The molecular weight excluding hydrogens is 440 g/mol. The number of aromatic nitrogens is 1. The number of methoxy groups -OCH3 is 1. The van der Waals surface area contributed by atoms with Gasteiger partial charge in [-0.2, -0.15) is 17.0 Å². The Balaban J connectivity index is 1.66. The Hall–Kier alpha value is -2.20. The van der Waals surface area contributed by atoms with E-state index >= 15 is 0 Å². The maximum atomic E-state index is 13.2. The molecule has 1 atom stereocenters. The molecule has 1 aromatic heterocycles. The van der Waals surface area contributed by atoms with Crippen LogP contribution in [-0.2, 0) is 26.2 Å². The summed E-state index contributed by atoms with van der Waals surface area (Å²) in [5.41, 5.74) is 1.03. The third-order valence-electron chi connectivity index (χ3n) is 5.43. The molecule has 1 fully saturated rings. The van der Waals surface area contributed by atoms with Crippen LogP contribution in [0.1, 0.15) is 12.0 Å². The molecule has 0 saturated carbocycles. The van der Waals surface area contributed by atoms with Crippen LogP contribution in [0.15, 0.2) is 48.7 Å². The van der Waals surface area contributed by atoms with Gasteiger partial charge in [-0.25, -0.2) is 4.98 Å². The number of anilines is 1. The molecule has 168 valence electrons. The first-order valence-electron chi connectivity index (χ1n) is 10.0. The second-order valence-electron chi connectivity index (χ2n) is 7.31. The zero-order chi connectivity index (χ0) is 22.4. The minimum absolute atomic E-state index is 0.295. The molecular formula is C21H27ClN4O4S. The van der Waals surface area contributed by atoms with E-state index in [1.54, 1.807) is 12.3 Å². The number of ether oxygens (including phenoxy) is 1. The number of pyridine rings is 1. The summed E-state index contributed by atoms with van der Waals surface area (Å²) in [5, 5.41) is 0.552. The summed E-state index contributed by atoms with van der Waals surface area (Å²) in [7, 11) is -1.12. The quantitative estimate of drug-likeness (QED) is 0.555. The molecule has 1 aromatic carbocycles. The zero-order valence-corrected chi connectivity index (χ0v) is 19.2. The first-order chi connectivity index (χ1) is 14.8. The number of benzene rings is 1. The molecule has 0 aliphatic carbocycles. The van der Waals surface area contributed by atoms with Crippen molar-refractivity contribution in [3.05, 3.63) is 59.2 Å². The average molecular weight is 467 g/mol. The fourth-order valence-electron chi connectivity index (χ4n) is 3.58. The highest BCUT2D eigenvalue weighted by molar-refractivity contribution is 7.86. The number of halogens is 1. The van der Waals surface area contributed by atoms with E-state index in [-0.39, 0.29) is 0 Å². The number of esters is 1. The highest BCUT2D eigenvalue weighted by Gasteiger charge is 2.37. The summed E-state index contributed by atoms with van der Waals surface area (Å²) in [6, 6.07) is 12.3. The van der Waals surface area contributed by atoms with E-state index in [9.17, 15) is 13.2 Å². The molecule has 0 N–H and O–H groups in total. The maximum absolute atomic E-state index is 13.2. The normalized spacial score (nSPS) is 16.3. The number of likely N-dealkylation sites (N-methyl/N-ethyl adjacent to an activating group) is 1. The van der Waals surface area contributed by atoms with Gasteiger partial charge in [-0.3, -0.25) is 4.79 Å². The topological polar surface area (TPSA) is 83.0 Å². The van der Waals surface area contributed by atoms with Crippen LogP contribution in [0.4, 0.5) is 5.82 Å². The molecule has 0 unspecified atom stereocenters. The van der Waals surface area contributed by atoms with Crippen molar-refractivity contribution in [2.45, 2.75) is 18.9 Å². The lowest BCUT2D eigenvalue weighted by Crippen LogP contribution is -2.55. The number of rotatable bonds is 8. The SMILES string of the molecule is COC(=O)[C@H](CCc1ccccc1)N(C)S(=O)(=O)N1CCN(c2ccc(Cl)cn2)CC1. The summed E-state index contributed by atoms with van der Waals surface area (Å²) >= 11 is 5.89. The van der Waals surface area contributed by atoms with Crippen LogP contribution in [0, 0.1) is 0 Å². The second kappa shape index (κ2) is 10.4. The maximum Gasteiger partial charge on any atom is 0.324 e. The van der Waals surface area contributed by atoms with Crippen LogP contribution in [-0.4, -0.2) is 74.4 Å². The molecule has 0 amide bonds. The molecule has 0 radical (unpaired) electrons. The summed E-state index contributed by atoms with van der Waals surface area (Å²) in [4.78, 5) is 18.7. The minimum Gasteiger partial charge on any atom is -0.468 e. The van der Waals surface area contributed by atoms with Crippen molar-refractivity contribution in [2.75, 3.05) is 45.2 Å². The first-order valence-corrected chi connectivity index (χ1v) is 11.8. The molecule has 0 bridgehead atoms. The molecule has 2 aromatic rings. The highest BCUT2D eigenvalue weighted by atomic mass is 35.5. The fourth-order valence-corrected chi connectivity index (χ4v) is 5.19. The zero-order valence-electron chi connectivity index (χ0n) is 17.6. The van der Waals surface area contributed by atoms with Crippen LogP contribution in [0.5, 0.6) is 0 Å². The van der Waals surface area contributed by atoms with Crippen molar-refractivity contribution < 1.29 is 17.9 Å². The molecule has 1 aliphatic rings. The van der Waals surface area contributed by atoms with E-state index in [1.165, 1.54) is 18.5 Å². The Morgan fingerprint density at radius 2 is 1.84 bits per heavy atom. The lowest BCUT2D eigenvalue weighted by atomic mass is 10.1. The van der Waals surface area contributed by atoms with Gasteiger partial charge < -0.3 is 9.64 Å². The molecule has 10 heteroatoms. The summed E-state index contributed by atoms with van der Waals surface area (Å²) in [5.74, 6) is 0.191. The summed E-state index contributed by atoms with van der Waals surface area (Å²) in [6.07, 6.45) is 2.47. The monoisotopic (exact) mass is 466 g/mol. The van der Waals surface area contributed by atoms with Gasteiger partial charge in [-0.05, 0) is 30.5 Å². The number of carbonyl (C=O) groups is 1. The van der Waals surface area contributed by atoms with Gasteiger partial charge in [0.15, 0.2) is 0 Å². The van der Waals surface area contributed by atoms with Crippen LogP contribution < -0.4 is 4.90 Å². The molecule has 1 aliphatic heterocycles. The van der Waals surface area contributed by atoms with E-state index in [2.05, 4.69) is 4.98 Å². The van der Waals surface area contributed by atoms with Crippen LogP contribution in [0.2, 0.25) is 5.02 Å². The van der Waals surface area contributed by atoms with Gasteiger partial charge in [-0.15, -0.1) is 0 Å². The predicted molar refractivity (Wildman–Crippen MR) is 120 cm³/mol. The van der Waals surface area contributed by atoms with E-state index in [1.807, 2.05) is 41.3 Å². The third-order valence-corrected chi connectivity index (χ3v) is 7.65. The molecule has 1 saturated heterocycles. The number of piperazine rings is 1. The van der Waals surface area contributed by atoms with Crippen molar-refractivity contribution in [1.29, 1.82) is 0 Å². The Morgan fingerprint density at radius 3 is 2.42 bits per heavy atom. The Kier molecular flexibility index (Phi) is 7.88. The number of hydrogen-bond acceptors (Lipinski definition) is 6. The molecule has 2 heterocycles. The van der Waals surface area contributed by atoms with Gasteiger partial charge in [-0.1, -0.05) is 41.9 Å². The van der Waals surface area contributed by atoms with Crippen molar-refractivity contribution in [1.82, 2.24) is 13.6 Å². The summed E-state index contributed by atoms with van der Waals surface area (Å²) < 4.78 is 33.9. The van der Waals surface area contributed by atoms with Gasteiger partial charge in [0.2, 0.25) is 0 Å². The number of carbonyl (C=O) groups excluding carboxylic acids is 1. The van der Waals surface area contributed by atoms with E-state index < -0.39 is 22.2 Å². The van der Waals surface area contributed by atoms with Crippen LogP contribution >= 0.6 is 11.6 Å². The van der Waals surface area contributed by atoms with Crippen LogP contribution in [0.25, 0.3) is 0 Å². The number of nitrogens with zero attached hydrogens (tertiary/aromatic N) is 4. The molecule has 8 nitrogen and oxygen atoms in total. The van der Waals surface area contributed by atoms with Gasteiger partial charge >= 0.3 is 5.97 Å². The highest BCUT2D eigenvalue weighted by Crippen LogP contribution is 2.21. The third kappa shape index (κ3) is 5.74. The Bertz CT molecular complexity index is 965. The van der Waals surface area contributed by atoms with E-state index in [0.29, 0.717) is 44.0 Å². The van der Waals surface area contributed by atoms with E-state index in [0.717, 1.165) is 15.7 Å². The van der Waals surface area contributed by atoms with Gasteiger partial charge in [0, 0.05) is 39.4 Å².